The molecule has 1 saturated heterocycles. The van der Waals surface area contributed by atoms with Gasteiger partial charge in [-0.05, 0) is 44.9 Å². The number of carbonyl (C=O) groups excluding carboxylic acids is 1. The molecular weight excluding hydrogens is 258 g/mol. The van der Waals surface area contributed by atoms with Gasteiger partial charge in [-0.15, -0.1) is 11.3 Å². The molecule has 106 valence electrons. The Balaban J connectivity index is 1.95. The van der Waals surface area contributed by atoms with Gasteiger partial charge in [0.05, 0.1) is 17.0 Å². The minimum Gasteiger partial charge on any atom is -0.377 e. The molecule has 19 heavy (non-hydrogen) atoms. The number of ether oxygens (including phenoxy) is 1. The molecule has 2 rings (SSSR count). The Morgan fingerprint density at radius 1 is 1.53 bits per heavy atom. The Kier molecular flexibility index (Phi) is 4.76. The molecule has 1 fully saturated rings. The minimum atomic E-state index is -0.0947. The number of carbonyl (C=O) groups is 1. The first kappa shape index (κ1) is 14.7. The molecule has 0 bridgehead atoms. The summed E-state index contributed by atoms with van der Waals surface area (Å²) >= 11 is 1.63. The van der Waals surface area contributed by atoms with Crippen molar-refractivity contribution in [2.75, 3.05) is 26.7 Å². The average molecular weight is 281 g/mol. The Hall–Kier alpha value is -0.710. The molecule has 0 spiro atoms. The maximum Gasteiger partial charge on any atom is 0.186 e. The van der Waals surface area contributed by atoms with Gasteiger partial charge in [0.25, 0.3) is 0 Å². The summed E-state index contributed by atoms with van der Waals surface area (Å²) in [5.41, 5.74) is -0.0947. The number of piperidine rings is 1. The molecule has 0 amide bonds. The van der Waals surface area contributed by atoms with Crippen molar-refractivity contribution in [1.82, 2.24) is 4.90 Å². The molecule has 0 aliphatic carbocycles. The van der Waals surface area contributed by atoms with Crippen LogP contribution in [-0.2, 0) is 11.2 Å². The first-order valence-corrected chi connectivity index (χ1v) is 7.77. The SMILES string of the molecule is CCc1ccc(C(=O)CN2CCCC(C)(OC)C2)s1. The fourth-order valence-corrected chi connectivity index (χ4v) is 3.49. The van der Waals surface area contributed by atoms with Gasteiger partial charge in [-0.1, -0.05) is 6.92 Å². The van der Waals surface area contributed by atoms with Gasteiger partial charge in [-0.25, -0.2) is 0 Å². The number of aryl methyl sites for hydroxylation is 1. The quantitative estimate of drug-likeness (QED) is 0.777. The highest BCUT2D eigenvalue weighted by Crippen LogP contribution is 2.24. The van der Waals surface area contributed by atoms with E-state index in [1.807, 2.05) is 6.07 Å². The molecular formula is C15H23NO2S. The summed E-state index contributed by atoms with van der Waals surface area (Å²) in [5, 5.41) is 0. The van der Waals surface area contributed by atoms with Crippen molar-refractivity contribution in [3.05, 3.63) is 21.9 Å². The van der Waals surface area contributed by atoms with E-state index >= 15 is 0 Å². The van der Waals surface area contributed by atoms with Gasteiger partial charge >= 0.3 is 0 Å². The topological polar surface area (TPSA) is 29.5 Å². The first-order chi connectivity index (χ1) is 9.06. The van der Waals surface area contributed by atoms with E-state index in [-0.39, 0.29) is 11.4 Å². The highest BCUT2D eigenvalue weighted by Gasteiger charge is 2.31. The predicted octanol–water partition coefficient (Wildman–Crippen LogP) is 2.99. The van der Waals surface area contributed by atoms with Crippen LogP contribution < -0.4 is 0 Å². The summed E-state index contributed by atoms with van der Waals surface area (Å²) in [5.74, 6) is 0.241. The maximum atomic E-state index is 12.3. The molecule has 1 aliphatic heterocycles. The number of Topliss-reactive ketones (excluding diaryl/α,β-unsaturated/α-hetero) is 1. The summed E-state index contributed by atoms with van der Waals surface area (Å²) in [7, 11) is 1.76. The maximum absolute atomic E-state index is 12.3. The Bertz CT molecular complexity index is 443. The van der Waals surface area contributed by atoms with Crippen LogP contribution in [0.25, 0.3) is 0 Å². The second-order valence-electron chi connectivity index (χ2n) is 5.51. The Morgan fingerprint density at radius 2 is 2.32 bits per heavy atom. The fourth-order valence-electron chi connectivity index (χ4n) is 2.61. The van der Waals surface area contributed by atoms with Crippen molar-refractivity contribution in [3.63, 3.8) is 0 Å². The fraction of sp³-hybridized carbons (Fsp3) is 0.667. The van der Waals surface area contributed by atoms with E-state index in [9.17, 15) is 4.79 Å². The van der Waals surface area contributed by atoms with Crippen LogP contribution in [0.1, 0.15) is 41.2 Å². The zero-order valence-electron chi connectivity index (χ0n) is 12.1. The first-order valence-electron chi connectivity index (χ1n) is 6.96. The highest BCUT2D eigenvalue weighted by molar-refractivity contribution is 7.14. The van der Waals surface area contributed by atoms with E-state index in [1.165, 1.54) is 4.88 Å². The lowest BCUT2D eigenvalue weighted by Crippen LogP contribution is -2.48. The van der Waals surface area contributed by atoms with Gasteiger partial charge in [-0.2, -0.15) is 0 Å². The number of hydrogen-bond acceptors (Lipinski definition) is 4. The van der Waals surface area contributed by atoms with E-state index < -0.39 is 0 Å². The van der Waals surface area contributed by atoms with E-state index in [0.717, 1.165) is 37.2 Å². The average Bonchev–Trinajstić information content (AvgIpc) is 2.88. The summed E-state index contributed by atoms with van der Waals surface area (Å²) in [4.78, 5) is 16.7. The molecule has 1 unspecified atom stereocenters. The normalized spacial score (nSPS) is 24.6. The largest absolute Gasteiger partial charge is 0.377 e. The van der Waals surface area contributed by atoms with E-state index in [1.54, 1.807) is 18.4 Å². The molecule has 0 saturated carbocycles. The van der Waals surface area contributed by atoms with E-state index in [4.69, 9.17) is 4.74 Å². The summed E-state index contributed by atoms with van der Waals surface area (Å²) in [6, 6.07) is 4.03. The second kappa shape index (κ2) is 6.16. The van der Waals surface area contributed by atoms with Crippen LogP contribution in [-0.4, -0.2) is 43.0 Å². The van der Waals surface area contributed by atoms with Crippen molar-refractivity contribution in [2.24, 2.45) is 0 Å². The van der Waals surface area contributed by atoms with Crippen molar-refractivity contribution in [3.8, 4) is 0 Å². The number of nitrogens with zero attached hydrogens (tertiary/aromatic N) is 1. The van der Waals surface area contributed by atoms with Crippen LogP contribution in [0.2, 0.25) is 0 Å². The lowest BCUT2D eigenvalue weighted by atomic mass is 9.94. The molecule has 2 heterocycles. The minimum absolute atomic E-state index is 0.0947. The van der Waals surface area contributed by atoms with Crippen LogP contribution in [0.5, 0.6) is 0 Å². The van der Waals surface area contributed by atoms with Crippen molar-refractivity contribution in [1.29, 1.82) is 0 Å². The monoisotopic (exact) mass is 281 g/mol. The van der Waals surface area contributed by atoms with Crippen LogP contribution in [0.15, 0.2) is 12.1 Å². The molecule has 1 aromatic rings. The van der Waals surface area contributed by atoms with Crippen LogP contribution >= 0.6 is 11.3 Å². The molecule has 1 aliphatic rings. The zero-order valence-corrected chi connectivity index (χ0v) is 12.9. The van der Waals surface area contributed by atoms with Gasteiger partial charge in [0.1, 0.15) is 0 Å². The van der Waals surface area contributed by atoms with Crippen LogP contribution in [0, 0.1) is 0 Å². The number of rotatable bonds is 5. The van der Waals surface area contributed by atoms with E-state index in [0.29, 0.717) is 6.54 Å². The van der Waals surface area contributed by atoms with Gasteiger partial charge in [-0.3, -0.25) is 9.69 Å². The zero-order chi connectivity index (χ0) is 13.9. The van der Waals surface area contributed by atoms with Gasteiger partial charge in [0.15, 0.2) is 5.78 Å². The van der Waals surface area contributed by atoms with E-state index in [2.05, 4.69) is 24.8 Å². The van der Waals surface area contributed by atoms with Gasteiger partial charge in [0.2, 0.25) is 0 Å². The lowest BCUT2D eigenvalue weighted by molar-refractivity contribution is -0.0485. The van der Waals surface area contributed by atoms with Gasteiger partial charge in [0, 0.05) is 18.5 Å². The number of methoxy groups -OCH3 is 1. The molecule has 1 aromatic heterocycles. The van der Waals surface area contributed by atoms with Crippen molar-refractivity contribution >= 4 is 17.1 Å². The number of thiophene rings is 1. The predicted molar refractivity (Wildman–Crippen MR) is 79.1 cm³/mol. The third kappa shape index (κ3) is 3.65. The highest BCUT2D eigenvalue weighted by atomic mass is 32.1. The molecule has 1 atom stereocenters. The molecule has 4 heteroatoms. The molecule has 0 radical (unpaired) electrons. The third-order valence-electron chi connectivity index (χ3n) is 3.88. The van der Waals surface area contributed by atoms with Crippen molar-refractivity contribution < 1.29 is 9.53 Å². The molecule has 0 aromatic carbocycles. The lowest BCUT2D eigenvalue weighted by Gasteiger charge is -2.39. The Labute approximate surface area is 119 Å². The van der Waals surface area contributed by atoms with Gasteiger partial charge < -0.3 is 4.74 Å². The summed E-state index contributed by atoms with van der Waals surface area (Å²) < 4.78 is 5.57. The summed E-state index contributed by atoms with van der Waals surface area (Å²) in [6.45, 7) is 6.61. The van der Waals surface area contributed by atoms with Crippen LogP contribution in [0.4, 0.5) is 0 Å². The number of ketones is 1. The molecule has 3 nitrogen and oxygen atoms in total. The van der Waals surface area contributed by atoms with Crippen LogP contribution in [0.3, 0.4) is 0 Å². The number of hydrogen-bond donors (Lipinski definition) is 0. The molecule has 0 N–H and O–H groups in total. The second-order valence-corrected chi connectivity index (χ2v) is 6.68. The standard InChI is InChI=1S/C15H23NO2S/c1-4-12-6-7-14(19-12)13(17)10-16-9-5-8-15(2,11-16)18-3/h6-7H,4-5,8-11H2,1-3H3. The Morgan fingerprint density at radius 3 is 2.95 bits per heavy atom. The smallest absolute Gasteiger partial charge is 0.186 e. The third-order valence-corrected chi connectivity index (χ3v) is 5.15. The number of likely N-dealkylation sites (tertiary alicyclic amines) is 1. The summed E-state index contributed by atoms with van der Waals surface area (Å²) in [6.07, 6.45) is 3.18. The van der Waals surface area contributed by atoms with Crippen molar-refractivity contribution in [2.45, 2.75) is 38.7 Å².